The molecule has 0 bridgehead atoms. The van der Waals surface area contributed by atoms with Gasteiger partial charge in [0.1, 0.15) is 5.01 Å². The summed E-state index contributed by atoms with van der Waals surface area (Å²) in [6.07, 6.45) is 3.52. The maximum atomic E-state index is 4.78. The van der Waals surface area contributed by atoms with Crippen LogP contribution in [0, 0.1) is 0 Å². The largest absolute Gasteiger partial charge is 0.314 e. The minimum absolute atomic E-state index is 0.549. The van der Waals surface area contributed by atoms with Crippen molar-refractivity contribution in [3.05, 3.63) is 16.1 Å². The molecule has 96 valence electrons. The van der Waals surface area contributed by atoms with Gasteiger partial charge in [0.2, 0.25) is 0 Å². The molecule has 0 radical (unpaired) electrons. The van der Waals surface area contributed by atoms with Crippen molar-refractivity contribution in [3.63, 3.8) is 0 Å². The van der Waals surface area contributed by atoms with Crippen LogP contribution in [-0.2, 0) is 6.42 Å². The van der Waals surface area contributed by atoms with E-state index in [4.69, 9.17) is 4.98 Å². The first kappa shape index (κ1) is 13.0. The van der Waals surface area contributed by atoms with Gasteiger partial charge in [0.15, 0.2) is 0 Å². The Morgan fingerprint density at radius 3 is 2.76 bits per heavy atom. The summed E-state index contributed by atoms with van der Waals surface area (Å²) in [4.78, 5) is 7.37. The van der Waals surface area contributed by atoms with Crippen LogP contribution >= 0.6 is 11.3 Å². The molecule has 1 fully saturated rings. The fraction of sp³-hybridized carbons (Fsp3) is 0.769. The number of aryl methyl sites for hydroxylation is 1. The molecule has 1 unspecified atom stereocenters. The maximum absolute atomic E-state index is 4.78. The van der Waals surface area contributed by atoms with Crippen molar-refractivity contribution >= 4 is 11.3 Å². The Balaban J connectivity index is 2.09. The molecule has 0 spiro atoms. The molecule has 1 aliphatic heterocycles. The molecule has 2 rings (SSSR count). The van der Waals surface area contributed by atoms with Crippen LogP contribution in [0.25, 0.3) is 0 Å². The van der Waals surface area contributed by atoms with E-state index in [-0.39, 0.29) is 0 Å². The fourth-order valence-corrected chi connectivity index (χ4v) is 3.44. The molecule has 1 saturated heterocycles. The zero-order valence-corrected chi connectivity index (χ0v) is 11.7. The van der Waals surface area contributed by atoms with E-state index in [1.807, 2.05) is 11.3 Å². The highest BCUT2D eigenvalue weighted by Crippen LogP contribution is 2.28. The molecule has 1 N–H and O–H groups in total. The third kappa shape index (κ3) is 3.27. The molecule has 0 aromatic carbocycles. The van der Waals surface area contributed by atoms with Crippen LogP contribution in [-0.4, -0.2) is 36.1 Å². The zero-order valence-electron chi connectivity index (χ0n) is 10.9. The molecule has 3 nitrogen and oxygen atoms in total. The monoisotopic (exact) mass is 253 g/mol. The van der Waals surface area contributed by atoms with Crippen molar-refractivity contribution in [2.75, 3.05) is 26.2 Å². The molecular weight excluding hydrogens is 230 g/mol. The second kappa shape index (κ2) is 6.47. The van der Waals surface area contributed by atoms with Gasteiger partial charge in [0.05, 0.1) is 11.7 Å². The molecule has 1 atom stereocenters. The van der Waals surface area contributed by atoms with Crippen LogP contribution < -0.4 is 5.32 Å². The molecule has 1 aromatic heterocycles. The summed E-state index contributed by atoms with van der Waals surface area (Å²) in [7, 11) is 0. The van der Waals surface area contributed by atoms with Crippen molar-refractivity contribution in [3.8, 4) is 0 Å². The number of hydrogen-bond acceptors (Lipinski definition) is 4. The molecule has 2 heterocycles. The third-order valence-electron chi connectivity index (χ3n) is 3.37. The lowest BCUT2D eigenvalue weighted by atomic mass is 10.1. The van der Waals surface area contributed by atoms with Crippen molar-refractivity contribution in [1.82, 2.24) is 15.2 Å². The summed E-state index contributed by atoms with van der Waals surface area (Å²) in [5.74, 6) is 0. The van der Waals surface area contributed by atoms with Gasteiger partial charge >= 0.3 is 0 Å². The van der Waals surface area contributed by atoms with Gasteiger partial charge in [-0.25, -0.2) is 4.98 Å². The summed E-state index contributed by atoms with van der Waals surface area (Å²) in [6, 6.07) is 0.549. The van der Waals surface area contributed by atoms with Gasteiger partial charge in [-0.15, -0.1) is 11.3 Å². The number of hydrogen-bond donors (Lipinski definition) is 1. The van der Waals surface area contributed by atoms with Crippen LogP contribution in [0.15, 0.2) is 5.38 Å². The van der Waals surface area contributed by atoms with E-state index in [2.05, 4.69) is 29.4 Å². The number of nitrogens with one attached hydrogen (secondary N) is 1. The Labute approximate surface area is 108 Å². The molecule has 0 amide bonds. The van der Waals surface area contributed by atoms with Crippen LogP contribution in [0.5, 0.6) is 0 Å². The Kier molecular flexibility index (Phi) is 4.95. The Morgan fingerprint density at radius 1 is 1.41 bits per heavy atom. The first-order chi connectivity index (χ1) is 8.35. The minimum Gasteiger partial charge on any atom is -0.314 e. The van der Waals surface area contributed by atoms with E-state index in [0.717, 1.165) is 32.6 Å². The summed E-state index contributed by atoms with van der Waals surface area (Å²) >= 11 is 1.84. The number of rotatable bonds is 5. The van der Waals surface area contributed by atoms with Crippen LogP contribution in [0.1, 0.15) is 43.4 Å². The van der Waals surface area contributed by atoms with Crippen LogP contribution in [0.2, 0.25) is 0 Å². The highest BCUT2D eigenvalue weighted by atomic mass is 32.1. The highest BCUT2D eigenvalue weighted by molar-refractivity contribution is 7.09. The Bertz CT molecular complexity index is 331. The molecule has 4 heteroatoms. The average Bonchev–Trinajstić information content (AvgIpc) is 2.85. The fourth-order valence-electron chi connectivity index (χ4n) is 2.37. The molecule has 17 heavy (non-hydrogen) atoms. The first-order valence-corrected chi connectivity index (χ1v) is 7.62. The second-order valence-corrected chi connectivity index (χ2v) is 5.51. The van der Waals surface area contributed by atoms with Gasteiger partial charge in [-0.2, -0.15) is 0 Å². The van der Waals surface area contributed by atoms with Gasteiger partial charge in [0.25, 0.3) is 0 Å². The minimum atomic E-state index is 0.549. The van der Waals surface area contributed by atoms with Gasteiger partial charge in [-0.3, -0.25) is 4.90 Å². The van der Waals surface area contributed by atoms with E-state index in [1.54, 1.807) is 0 Å². The van der Waals surface area contributed by atoms with Gasteiger partial charge in [0, 0.05) is 31.6 Å². The lowest BCUT2D eigenvalue weighted by molar-refractivity contribution is 0.164. The zero-order chi connectivity index (χ0) is 12.1. The molecule has 0 aliphatic carbocycles. The van der Waals surface area contributed by atoms with Crippen molar-refractivity contribution in [1.29, 1.82) is 0 Å². The summed E-state index contributed by atoms with van der Waals surface area (Å²) < 4.78 is 0. The standard InChI is InChI=1S/C13H23N3S/c1-3-5-12(16-8-6-14-7-9-16)13-15-11(4-2)10-17-13/h10,12,14H,3-9H2,1-2H3. The van der Waals surface area contributed by atoms with Crippen LogP contribution in [0.3, 0.4) is 0 Å². The van der Waals surface area contributed by atoms with Crippen LogP contribution in [0.4, 0.5) is 0 Å². The lowest BCUT2D eigenvalue weighted by Crippen LogP contribution is -2.45. The Hall–Kier alpha value is -0.450. The number of piperazine rings is 1. The smallest absolute Gasteiger partial charge is 0.110 e. The van der Waals surface area contributed by atoms with Crippen molar-refractivity contribution in [2.24, 2.45) is 0 Å². The lowest BCUT2D eigenvalue weighted by Gasteiger charge is -2.33. The van der Waals surface area contributed by atoms with E-state index in [9.17, 15) is 0 Å². The predicted octanol–water partition coefficient (Wildman–Crippen LogP) is 2.45. The van der Waals surface area contributed by atoms with E-state index >= 15 is 0 Å². The maximum Gasteiger partial charge on any atom is 0.110 e. The van der Waals surface area contributed by atoms with Gasteiger partial charge in [-0.05, 0) is 12.8 Å². The topological polar surface area (TPSA) is 28.2 Å². The normalized spacial score (nSPS) is 19.4. The molecule has 0 saturated carbocycles. The van der Waals surface area contributed by atoms with Crippen molar-refractivity contribution in [2.45, 2.75) is 39.2 Å². The number of aromatic nitrogens is 1. The summed E-state index contributed by atoms with van der Waals surface area (Å²) in [6.45, 7) is 9.00. The SMILES string of the molecule is CCCC(c1nc(CC)cs1)N1CCNCC1. The number of thiazole rings is 1. The molecule has 1 aromatic rings. The second-order valence-electron chi connectivity index (χ2n) is 4.62. The summed E-state index contributed by atoms with van der Waals surface area (Å²) in [5, 5.41) is 6.97. The molecule has 1 aliphatic rings. The molecular formula is C13H23N3S. The number of nitrogens with zero attached hydrogens (tertiary/aromatic N) is 2. The van der Waals surface area contributed by atoms with Gasteiger partial charge < -0.3 is 5.32 Å². The van der Waals surface area contributed by atoms with Gasteiger partial charge in [-0.1, -0.05) is 20.3 Å². The van der Waals surface area contributed by atoms with Crippen molar-refractivity contribution < 1.29 is 0 Å². The highest BCUT2D eigenvalue weighted by Gasteiger charge is 2.23. The Morgan fingerprint density at radius 2 is 2.18 bits per heavy atom. The summed E-state index contributed by atoms with van der Waals surface area (Å²) in [5.41, 5.74) is 1.25. The van der Waals surface area contributed by atoms with E-state index < -0.39 is 0 Å². The quantitative estimate of drug-likeness (QED) is 0.873. The van der Waals surface area contributed by atoms with E-state index in [1.165, 1.54) is 23.5 Å². The first-order valence-electron chi connectivity index (χ1n) is 6.74. The third-order valence-corrected chi connectivity index (χ3v) is 4.37. The predicted molar refractivity (Wildman–Crippen MR) is 73.6 cm³/mol. The van der Waals surface area contributed by atoms with E-state index in [0.29, 0.717) is 6.04 Å². The average molecular weight is 253 g/mol.